The molecule has 9 nitrogen and oxygen atoms in total. The minimum atomic E-state index is -1.13. The summed E-state index contributed by atoms with van der Waals surface area (Å²) in [5.74, 6) is -2.28. The number of phenols is 1. The standard InChI is InChI=1S/C33H17N3O6/c37-24-14-13-16(36(40)41)15-21(24)25-26-29-28(34-22-11-5-6-12-23(22)35-29)17-7-1-4-10-20(17)32(26)42-33-27(25)30(38)18-8-2-3-9-19(18)31(33)39/h1-15,25,37H. The van der Waals surface area contributed by atoms with Crippen LogP contribution in [0, 0.1) is 10.1 Å². The van der Waals surface area contributed by atoms with E-state index in [-0.39, 0.29) is 45.2 Å². The number of carbonyl (C=O) groups is 2. The maximum absolute atomic E-state index is 14.2. The van der Waals surface area contributed by atoms with Crippen LogP contribution in [-0.4, -0.2) is 31.6 Å². The summed E-state index contributed by atoms with van der Waals surface area (Å²) in [6.45, 7) is 0. The van der Waals surface area contributed by atoms with Gasteiger partial charge in [0.1, 0.15) is 11.5 Å². The van der Waals surface area contributed by atoms with Crippen molar-refractivity contribution in [1.29, 1.82) is 0 Å². The fourth-order valence-electron chi connectivity index (χ4n) is 6.07. The molecule has 1 atom stereocenters. The first-order valence-corrected chi connectivity index (χ1v) is 13.1. The van der Waals surface area contributed by atoms with Gasteiger partial charge in [-0.25, -0.2) is 9.97 Å². The number of para-hydroxylation sites is 2. The highest BCUT2D eigenvalue weighted by Crippen LogP contribution is 2.53. The molecule has 5 aromatic carbocycles. The van der Waals surface area contributed by atoms with Crippen molar-refractivity contribution >= 4 is 50.1 Å². The topological polar surface area (TPSA) is 133 Å². The number of hydrogen-bond donors (Lipinski definition) is 1. The van der Waals surface area contributed by atoms with E-state index in [2.05, 4.69) is 0 Å². The van der Waals surface area contributed by atoms with Gasteiger partial charge >= 0.3 is 0 Å². The first kappa shape index (κ1) is 23.9. The normalized spacial score (nSPS) is 15.9. The van der Waals surface area contributed by atoms with Crippen molar-refractivity contribution in [2.24, 2.45) is 0 Å². The molecule has 2 aliphatic rings. The van der Waals surface area contributed by atoms with Crippen LogP contribution < -0.4 is 4.74 Å². The highest BCUT2D eigenvalue weighted by molar-refractivity contribution is 6.28. The molecule has 0 saturated carbocycles. The molecule has 2 heterocycles. The van der Waals surface area contributed by atoms with E-state index in [0.717, 1.165) is 0 Å². The number of allylic oxidation sites excluding steroid dienone is 2. The number of aromatic nitrogens is 2. The number of nitro benzene ring substituents is 1. The fourth-order valence-corrected chi connectivity index (χ4v) is 6.07. The third-order valence-corrected chi connectivity index (χ3v) is 7.92. The maximum atomic E-state index is 14.2. The molecular formula is C33H17N3O6. The van der Waals surface area contributed by atoms with Crippen LogP contribution in [0.15, 0.2) is 102 Å². The van der Waals surface area contributed by atoms with Gasteiger partial charge in [-0.3, -0.25) is 19.7 Å². The number of aromatic hydroxyl groups is 1. The number of benzene rings is 5. The van der Waals surface area contributed by atoms with Gasteiger partial charge in [-0.1, -0.05) is 60.7 Å². The molecule has 0 saturated heterocycles. The molecule has 42 heavy (non-hydrogen) atoms. The van der Waals surface area contributed by atoms with Crippen molar-refractivity contribution in [1.82, 2.24) is 9.97 Å². The summed E-state index contributed by atoms with van der Waals surface area (Å²) in [7, 11) is 0. The molecule has 0 fully saturated rings. The third-order valence-electron chi connectivity index (χ3n) is 7.92. The van der Waals surface area contributed by atoms with Gasteiger partial charge in [0.05, 0.1) is 38.5 Å². The number of carbonyl (C=O) groups excluding carboxylic acids is 2. The largest absolute Gasteiger partial charge is 0.508 e. The average molecular weight is 552 g/mol. The Morgan fingerprint density at radius 2 is 1.38 bits per heavy atom. The Labute approximate surface area is 236 Å². The molecule has 1 aliphatic heterocycles. The van der Waals surface area contributed by atoms with Crippen LogP contribution in [0.1, 0.15) is 37.8 Å². The van der Waals surface area contributed by atoms with E-state index in [9.17, 15) is 24.8 Å². The molecule has 6 aromatic rings. The summed E-state index contributed by atoms with van der Waals surface area (Å²) in [6, 6.07) is 24.8. The van der Waals surface area contributed by atoms with E-state index < -0.39 is 22.4 Å². The molecule has 0 radical (unpaired) electrons. The minimum absolute atomic E-state index is 0.0199. The second kappa shape index (κ2) is 8.52. The molecule has 1 N–H and O–H groups in total. The zero-order chi connectivity index (χ0) is 28.7. The molecule has 9 heteroatoms. The zero-order valence-electron chi connectivity index (χ0n) is 21.6. The predicted octanol–water partition coefficient (Wildman–Crippen LogP) is 6.41. The summed E-state index contributed by atoms with van der Waals surface area (Å²) in [5.41, 5.74) is 2.70. The van der Waals surface area contributed by atoms with Crippen molar-refractivity contribution in [3.05, 3.63) is 135 Å². The lowest BCUT2D eigenvalue weighted by Crippen LogP contribution is -2.32. The smallest absolute Gasteiger partial charge is 0.270 e. The number of rotatable bonds is 2. The van der Waals surface area contributed by atoms with Gasteiger partial charge in [-0.15, -0.1) is 0 Å². The summed E-state index contributed by atoms with van der Waals surface area (Å²) in [5, 5.41) is 24.3. The lowest BCUT2D eigenvalue weighted by molar-refractivity contribution is -0.384. The molecule has 1 unspecified atom stereocenters. The van der Waals surface area contributed by atoms with Crippen molar-refractivity contribution in [2.45, 2.75) is 5.92 Å². The van der Waals surface area contributed by atoms with Gasteiger partial charge in [0, 0.05) is 45.2 Å². The van der Waals surface area contributed by atoms with Gasteiger partial charge < -0.3 is 9.84 Å². The van der Waals surface area contributed by atoms with Crippen LogP contribution in [0.2, 0.25) is 0 Å². The van der Waals surface area contributed by atoms with Crippen molar-refractivity contribution in [3.63, 3.8) is 0 Å². The van der Waals surface area contributed by atoms with Crippen molar-refractivity contribution < 1.29 is 24.4 Å². The number of nitro groups is 1. The Morgan fingerprint density at radius 3 is 2.10 bits per heavy atom. The Balaban J connectivity index is 1.57. The molecule has 1 aromatic heterocycles. The lowest BCUT2D eigenvalue weighted by Gasteiger charge is -2.34. The second-order valence-corrected chi connectivity index (χ2v) is 10.2. The average Bonchev–Trinajstić information content (AvgIpc) is 3.02. The first-order chi connectivity index (χ1) is 20.4. The van der Waals surface area contributed by atoms with E-state index in [1.54, 1.807) is 24.3 Å². The third kappa shape index (κ3) is 3.18. The van der Waals surface area contributed by atoms with Crippen molar-refractivity contribution in [3.8, 4) is 11.5 Å². The van der Waals surface area contributed by atoms with Gasteiger partial charge in [0.15, 0.2) is 11.5 Å². The van der Waals surface area contributed by atoms with E-state index >= 15 is 0 Å². The lowest BCUT2D eigenvalue weighted by atomic mass is 9.73. The van der Waals surface area contributed by atoms with Gasteiger partial charge in [0.2, 0.25) is 5.78 Å². The molecule has 8 rings (SSSR count). The van der Waals surface area contributed by atoms with Gasteiger partial charge in [-0.05, 0) is 18.2 Å². The molecule has 200 valence electrons. The monoisotopic (exact) mass is 551 g/mol. The van der Waals surface area contributed by atoms with Crippen molar-refractivity contribution in [2.75, 3.05) is 0 Å². The number of fused-ring (bicyclic) bond motifs is 8. The summed E-state index contributed by atoms with van der Waals surface area (Å²) < 4.78 is 6.40. The fraction of sp³-hybridized carbons (Fsp3) is 0.0303. The quantitative estimate of drug-likeness (QED) is 0.113. The molecule has 1 aliphatic carbocycles. The number of ether oxygens (including phenoxy) is 1. The molecule has 0 amide bonds. The molecular weight excluding hydrogens is 534 g/mol. The molecule has 0 spiro atoms. The summed E-state index contributed by atoms with van der Waals surface area (Å²) >= 11 is 0. The van der Waals surface area contributed by atoms with E-state index in [0.29, 0.717) is 38.4 Å². The Hall–Kier alpha value is -5.96. The van der Waals surface area contributed by atoms with Gasteiger partial charge in [0.25, 0.3) is 5.69 Å². The van der Waals surface area contributed by atoms with E-state index in [1.807, 2.05) is 48.5 Å². The number of nitrogens with zero attached hydrogens (tertiary/aromatic N) is 3. The van der Waals surface area contributed by atoms with E-state index in [4.69, 9.17) is 14.7 Å². The SMILES string of the molecule is O=C1C2=C(C(=O)c3ccccc31)C(c1cc([N+](=O)[O-])ccc1O)c1c(c3ccccc3c3nc4ccccc4nc13)O2. The Bertz CT molecular complexity index is 2270. The number of non-ortho nitro benzene ring substituents is 1. The predicted molar refractivity (Wildman–Crippen MR) is 154 cm³/mol. The van der Waals surface area contributed by atoms with Crippen LogP contribution in [0.4, 0.5) is 5.69 Å². The highest BCUT2D eigenvalue weighted by atomic mass is 16.6. The molecule has 0 bridgehead atoms. The number of ketones is 2. The van der Waals surface area contributed by atoms with Crippen LogP contribution >= 0.6 is 0 Å². The Kier molecular flexibility index (Phi) is 4.84. The Morgan fingerprint density at radius 1 is 0.762 bits per heavy atom. The van der Waals surface area contributed by atoms with E-state index in [1.165, 1.54) is 18.2 Å². The zero-order valence-corrected chi connectivity index (χ0v) is 21.6. The first-order valence-electron chi connectivity index (χ1n) is 13.1. The van der Waals surface area contributed by atoms with Crippen LogP contribution in [0.3, 0.4) is 0 Å². The summed E-state index contributed by atoms with van der Waals surface area (Å²) in [4.78, 5) is 49.2. The maximum Gasteiger partial charge on any atom is 0.270 e. The summed E-state index contributed by atoms with van der Waals surface area (Å²) in [6.07, 6.45) is 0. The number of phenolic OH excluding ortho intramolecular Hbond substituents is 1. The number of Topliss-reactive ketones (excluding diaryl/α,β-unsaturated/α-hetero) is 2. The highest BCUT2D eigenvalue weighted by Gasteiger charge is 2.45. The van der Waals surface area contributed by atoms with Crippen LogP contribution in [-0.2, 0) is 0 Å². The van der Waals surface area contributed by atoms with Gasteiger partial charge in [-0.2, -0.15) is 0 Å². The van der Waals surface area contributed by atoms with Crippen LogP contribution in [0.25, 0.3) is 32.8 Å². The minimum Gasteiger partial charge on any atom is -0.508 e. The number of hydrogen-bond acceptors (Lipinski definition) is 8. The second-order valence-electron chi connectivity index (χ2n) is 10.2. The van der Waals surface area contributed by atoms with Crippen LogP contribution in [0.5, 0.6) is 11.5 Å².